The summed E-state index contributed by atoms with van der Waals surface area (Å²) in [5, 5.41) is 5.06. The monoisotopic (exact) mass is 351 g/mol. The molecule has 2 aliphatic carbocycles. The van der Waals surface area contributed by atoms with Crippen LogP contribution in [0.1, 0.15) is 60.9 Å². The number of nitrogens with one attached hydrogen (secondary N) is 1. The van der Waals surface area contributed by atoms with E-state index in [2.05, 4.69) is 5.32 Å². The van der Waals surface area contributed by atoms with Gasteiger partial charge in [-0.1, -0.05) is 6.42 Å². The molecule has 1 amide bonds. The van der Waals surface area contributed by atoms with E-state index in [-0.39, 0.29) is 25.1 Å². The van der Waals surface area contributed by atoms with E-state index in [1.807, 2.05) is 5.38 Å². The van der Waals surface area contributed by atoms with Gasteiger partial charge in [0, 0.05) is 0 Å². The van der Waals surface area contributed by atoms with Gasteiger partial charge in [0.2, 0.25) is 0 Å². The van der Waals surface area contributed by atoms with Crippen molar-refractivity contribution in [3.05, 3.63) is 16.5 Å². The van der Waals surface area contributed by atoms with E-state index in [9.17, 15) is 14.4 Å². The van der Waals surface area contributed by atoms with Gasteiger partial charge in [0.25, 0.3) is 5.91 Å². The van der Waals surface area contributed by atoms with Crippen molar-refractivity contribution in [3.63, 3.8) is 0 Å². The molecule has 130 valence electrons. The van der Waals surface area contributed by atoms with E-state index in [0.717, 1.165) is 37.7 Å². The zero-order valence-corrected chi connectivity index (χ0v) is 14.4. The molecule has 2 saturated carbocycles. The van der Waals surface area contributed by atoms with Crippen LogP contribution in [0, 0.1) is 5.92 Å². The molecule has 6 nitrogen and oxygen atoms in total. The summed E-state index contributed by atoms with van der Waals surface area (Å²) in [5.41, 5.74) is 1.39. The number of carbonyl (C=O) groups is 3. The van der Waals surface area contributed by atoms with Gasteiger partial charge in [0.05, 0.1) is 18.1 Å². The zero-order chi connectivity index (χ0) is 17.1. The largest absolute Gasteiger partial charge is 0.462 e. The van der Waals surface area contributed by atoms with E-state index in [1.165, 1.54) is 11.3 Å². The van der Waals surface area contributed by atoms with Gasteiger partial charge in [0.15, 0.2) is 6.61 Å². The Balaban J connectivity index is 1.62. The van der Waals surface area contributed by atoms with E-state index in [0.29, 0.717) is 16.5 Å². The molecule has 1 heterocycles. The summed E-state index contributed by atoms with van der Waals surface area (Å²) < 4.78 is 10.1. The van der Waals surface area contributed by atoms with E-state index in [1.54, 1.807) is 6.92 Å². The molecule has 24 heavy (non-hydrogen) atoms. The van der Waals surface area contributed by atoms with Crippen LogP contribution in [0.3, 0.4) is 0 Å². The lowest BCUT2D eigenvalue weighted by atomic mass is 9.86. The highest BCUT2D eigenvalue weighted by molar-refractivity contribution is 7.15. The van der Waals surface area contributed by atoms with Crippen LogP contribution in [0.5, 0.6) is 0 Å². The van der Waals surface area contributed by atoms with E-state index in [4.69, 9.17) is 9.47 Å². The average molecular weight is 351 g/mol. The lowest BCUT2D eigenvalue weighted by Gasteiger charge is -2.22. The third-order valence-electron chi connectivity index (χ3n) is 4.35. The van der Waals surface area contributed by atoms with Crippen molar-refractivity contribution in [2.45, 2.75) is 44.9 Å². The van der Waals surface area contributed by atoms with Gasteiger partial charge in [-0.05, 0) is 49.5 Å². The predicted octanol–water partition coefficient (Wildman–Crippen LogP) is 3.08. The molecule has 1 aromatic rings. The van der Waals surface area contributed by atoms with Crippen molar-refractivity contribution in [3.8, 4) is 0 Å². The van der Waals surface area contributed by atoms with Gasteiger partial charge in [-0.2, -0.15) is 0 Å². The number of ether oxygens (including phenoxy) is 2. The smallest absolute Gasteiger partial charge is 0.341 e. The number of thiophene rings is 1. The van der Waals surface area contributed by atoms with Gasteiger partial charge < -0.3 is 14.8 Å². The first-order valence-corrected chi connectivity index (χ1v) is 9.23. The summed E-state index contributed by atoms with van der Waals surface area (Å²) in [6, 6.07) is 0. The maximum Gasteiger partial charge on any atom is 0.341 e. The topological polar surface area (TPSA) is 81.7 Å². The second kappa shape index (κ2) is 7.34. The molecule has 2 fully saturated rings. The minimum Gasteiger partial charge on any atom is -0.462 e. The quantitative estimate of drug-likeness (QED) is 0.764. The van der Waals surface area contributed by atoms with Crippen LogP contribution >= 0.6 is 11.3 Å². The van der Waals surface area contributed by atoms with Crippen LogP contribution < -0.4 is 5.32 Å². The number of hydrogen-bond acceptors (Lipinski definition) is 6. The Kier molecular flexibility index (Phi) is 5.18. The van der Waals surface area contributed by atoms with Crippen LogP contribution in [-0.4, -0.2) is 31.1 Å². The number of rotatable bonds is 7. The molecule has 2 aliphatic rings. The van der Waals surface area contributed by atoms with Crippen molar-refractivity contribution in [1.82, 2.24) is 0 Å². The Bertz CT molecular complexity index is 645. The molecule has 1 aromatic heterocycles. The van der Waals surface area contributed by atoms with Crippen molar-refractivity contribution in [2.75, 3.05) is 18.5 Å². The van der Waals surface area contributed by atoms with E-state index >= 15 is 0 Å². The fourth-order valence-corrected chi connectivity index (χ4v) is 3.68. The lowest BCUT2D eigenvalue weighted by Crippen LogP contribution is -2.28. The van der Waals surface area contributed by atoms with Gasteiger partial charge in [-0.3, -0.25) is 9.59 Å². The van der Waals surface area contributed by atoms with Crippen LogP contribution in [-0.2, 0) is 19.1 Å². The second-order valence-electron chi connectivity index (χ2n) is 6.17. The van der Waals surface area contributed by atoms with Crippen molar-refractivity contribution in [1.29, 1.82) is 0 Å². The molecular weight excluding hydrogens is 330 g/mol. The highest BCUT2D eigenvalue weighted by atomic mass is 32.1. The van der Waals surface area contributed by atoms with Gasteiger partial charge >= 0.3 is 11.9 Å². The first-order valence-electron chi connectivity index (χ1n) is 8.35. The van der Waals surface area contributed by atoms with Crippen LogP contribution in [0.2, 0.25) is 0 Å². The minimum atomic E-state index is -0.433. The second-order valence-corrected chi connectivity index (χ2v) is 7.05. The molecule has 0 radical (unpaired) electrons. The maximum absolute atomic E-state index is 12.2. The SMILES string of the molecule is CCOC(=O)c1c(C2CC2)csc1NC(=O)COC(=O)C1CCC1. The van der Waals surface area contributed by atoms with Crippen molar-refractivity contribution < 1.29 is 23.9 Å². The van der Waals surface area contributed by atoms with Gasteiger partial charge in [0.1, 0.15) is 5.00 Å². The Labute approximate surface area is 144 Å². The fraction of sp³-hybridized carbons (Fsp3) is 0.588. The molecule has 0 aliphatic heterocycles. The standard InChI is InChI=1S/C17H21NO5S/c1-2-22-17(21)14-12(10-6-7-10)9-24-15(14)18-13(19)8-23-16(20)11-4-3-5-11/h9-11H,2-8H2,1H3,(H,18,19). The highest BCUT2D eigenvalue weighted by Gasteiger charge is 2.32. The van der Waals surface area contributed by atoms with Crippen molar-refractivity contribution >= 4 is 34.2 Å². The number of amides is 1. The molecule has 0 unspecified atom stereocenters. The van der Waals surface area contributed by atoms with Crippen LogP contribution in [0.4, 0.5) is 5.00 Å². The fourth-order valence-electron chi connectivity index (χ4n) is 2.63. The lowest BCUT2D eigenvalue weighted by molar-refractivity contribution is -0.154. The summed E-state index contributed by atoms with van der Waals surface area (Å²) in [6.45, 7) is 1.71. The maximum atomic E-state index is 12.2. The normalized spacial score (nSPS) is 17.0. The molecular formula is C17H21NO5S. The summed E-state index contributed by atoms with van der Waals surface area (Å²) >= 11 is 1.31. The first-order chi connectivity index (χ1) is 11.6. The zero-order valence-electron chi connectivity index (χ0n) is 13.6. The van der Waals surface area contributed by atoms with Crippen LogP contribution in [0.15, 0.2) is 5.38 Å². The number of carbonyl (C=O) groups excluding carboxylic acids is 3. The molecule has 0 bridgehead atoms. The van der Waals surface area contributed by atoms with Crippen LogP contribution in [0.25, 0.3) is 0 Å². The highest BCUT2D eigenvalue weighted by Crippen LogP contribution is 2.46. The Morgan fingerprint density at radius 3 is 2.54 bits per heavy atom. The van der Waals surface area contributed by atoms with Crippen molar-refractivity contribution in [2.24, 2.45) is 5.92 Å². The Hall–Kier alpha value is -1.89. The van der Waals surface area contributed by atoms with Gasteiger partial charge in [-0.25, -0.2) is 4.79 Å². The molecule has 3 rings (SSSR count). The summed E-state index contributed by atoms with van der Waals surface area (Å²) in [6.07, 6.45) is 4.81. The molecule has 0 spiro atoms. The third kappa shape index (κ3) is 3.77. The molecule has 0 saturated heterocycles. The summed E-state index contributed by atoms with van der Waals surface area (Å²) in [7, 11) is 0. The summed E-state index contributed by atoms with van der Waals surface area (Å²) in [4.78, 5) is 35.9. The number of anilines is 1. The minimum absolute atomic E-state index is 0.0592. The number of hydrogen-bond donors (Lipinski definition) is 1. The number of esters is 2. The molecule has 0 atom stereocenters. The first kappa shape index (κ1) is 17.0. The predicted molar refractivity (Wildman–Crippen MR) is 89.2 cm³/mol. The van der Waals surface area contributed by atoms with Gasteiger partial charge in [-0.15, -0.1) is 11.3 Å². The summed E-state index contributed by atoms with van der Waals surface area (Å²) in [5.74, 6) is -0.842. The molecule has 7 heteroatoms. The Morgan fingerprint density at radius 1 is 1.21 bits per heavy atom. The Morgan fingerprint density at radius 2 is 1.96 bits per heavy atom. The average Bonchev–Trinajstić information content (AvgIpc) is 3.25. The molecule has 1 N–H and O–H groups in total. The molecule has 0 aromatic carbocycles. The third-order valence-corrected chi connectivity index (χ3v) is 5.27. The van der Waals surface area contributed by atoms with E-state index < -0.39 is 11.9 Å².